The minimum absolute atomic E-state index is 0.00746. The van der Waals surface area contributed by atoms with Gasteiger partial charge in [-0.25, -0.2) is 0 Å². The van der Waals surface area contributed by atoms with Gasteiger partial charge in [-0.1, -0.05) is 26.2 Å². The van der Waals surface area contributed by atoms with Crippen molar-refractivity contribution >= 4 is 5.91 Å². The van der Waals surface area contributed by atoms with Crippen molar-refractivity contribution in [1.82, 2.24) is 5.32 Å². The highest BCUT2D eigenvalue weighted by Crippen LogP contribution is 2.03. The first kappa shape index (κ1) is 16.4. The molecule has 0 aliphatic rings. The lowest BCUT2D eigenvalue weighted by atomic mass is 10.1. The summed E-state index contributed by atoms with van der Waals surface area (Å²) in [5.74, 6) is -0.00746. The zero-order chi connectivity index (χ0) is 12.8. The highest BCUT2D eigenvalue weighted by molar-refractivity contribution is 5.77. The molecule has 17 heavy (non-hydrogen) atoms. The topological polar surface area (TPSA) is 47.6 Å². The molecule has 0 fully saturated rings. The summed E-state index contributed by atoms with van der Waals surface area (Å²) in [4.78, 5) is 11.2. The largest absolute Gasteiger partial charge is 0.385 e. The molecule has 0 aromatic rings. The third-order valence-electron chi connectivity index (χ3n) is 2.44. The molecule has 0 atom stereocenters. The fraction of sp³-hybridized carbons (Fsp3) is 0.923. The molecule has 1 N–H and O–H groups in total. The average Bonchev–Trinajstić information content (AvgIpc) is 2.34. The number of unbranched alkanes of at least 4 members (excludes halogenated alkanes) is 4. The van der Waals surface area contributed by atoms with Crippen molar-refractivity contribution in [2.24, 2.45) is 0 Å². The van der Waals surface area contributed by atoms with Gasteiger partial charge in [-0.3, -0.25) is 4.79 Å². The van der Waals surface area contributed by atoms with Crippen LogP contribution in [0.2, 0.25) is 0 Å². The van der Waals surface area contributed by atoms with Gasteiger partial charge in [0.1, 0.15) is 6.61 Å². The average molecular weight is 245 g/mol. The van der Waals surface area contributed by atoms with Crippen LogP contribution in [0.15, 0.2) is 0 Å². The van der Waals surface area contributed by atoms with E-state index in [1.54, 1.807) is 7.11 Å². The molecule has 0 unspecified atom stereocenters. The zero-order valence-corrected chi connectivity index (χ0v) is 11.3. The Labute approximate surface area is 105 Å². The third-order valence-corrected chi connectivity index (χ3v) is 2.44. The number of hydrogen-bond donors (Lipinski definition) is 1. The molecule has 0 aromatic heterocycles. The van der Waals surface area contributed by atoms with E-state index >= 15 is 0 Å². The first-order valence-electron chi connectivity index (χ1n) is 6.64. The second kappa shape index (κ2) is 13.5. The summed E-state index contributed by atoms with van der Waals surface area (Å²) < 4.78 is 10.3. The molecule has 0 saturated heterocycles. The predicted octanol–water partition coefficient (Wildman–Crippen LogP) is 2.13. The number of carbonyl (C=O) groups excluding carboxylic acids is 1. The molecular weight excluding hydrogens is 218 g/mol. The van der Waals surface area contributed by atoms with Crippen molar-refractivity contribution in [3.05, 3.63) is 0 Å². The molecule has 0 spiro atoms. The van der Waals surface area contributed by atoms with Crippen LogP contribution in [-0.2, 0) is 14.3 Å². The maximum absolute atomic E-state index is 11.2. The van der Waals surface area contributed by atoms with E-state index < -0.39 is 0 Å². The van der Waals surface area contributed by atoms with Crippen LogP contribution >= 0.6 is 0 Å². The molecule has 0 saturated carbocycles. The molecule has 1 amide bonds. The van der Waals surface area contributed by atoms with Crippen LogP contribution in [0.1, 0.15) is 45.4 Å². The van der Waals surface area contributed by atoms with Crippen LogP contribution in [0.4, 0.5) is 0 Å². The van der Waals surface area contributed by atoms with Gasteiger partial charge in [0.05, 0.1) is 0 Å². The van der Waals surface area contributed by atoms with E-state index in [-0.39, 0.29) is 12.5 Å². The highest BCUT2D eigenvalue weighted by Gasteiger charge is 1.99. The molecule has 0 aromatic carbocycles. The van der Waals surface area contributed by atoms with Crippen molar-refractivity contribution in [3.8, 4) is 0 Å². The molecule has 0 radical (unpaired) electrons. The van der Waals surface area contributed by atoms with Crippen LogP contribution in [0.25, 0.3) is 0 Å². The molecule has 4 heteroatoms. The summed E-state index contributed by atoms with van der Waals surface area (Å²) in [5, 5.41) is 2.78. The molecule has 0 aliphatic carbocycles. The van der Waals surface area contributed by atoms with Gasteiger partial charge in [-0.15, -0.1) is 0 Å². The van der Waals surface area contributed by atoms with Crippen LogP contribution in [0.5, 0.6) is 0 Å². The smallest absolute Gasteiger partial charge is 0.245 e. The normalized spacial score (nSPS) is 10.5. The lowest BCUT2D eigenvalue weighted by molar-refractivity contribution is -0.125. The molecule has 102 valence electrons. The summed E-state index contributed by atoms with van der Waals surface area (Å²) in [6.45, 7) is 4.51. The number of nitrogens with one attached hydrogen (secondary N) is 1. The quantitative estimate of drug-likeness (QED) is 0.536. The van der Waals surface area contributed by atoms with E-state index in [0.29, 0.717) is 6.61 Å². The van der Waals surface area contributed by atoms with E-state index in [1.807, 2.05) is 6.92 Å². The monoisotopic (exact) mass is 245 g/mol. The van der Waals surface area contributed by atoms with Crippen LogP contribution < -0.4 is 5.32 Å². The Balaban J connectivity index is 3.05. The van der Waals surface area contributed by atoms with E-state index in [2.05, 4.69) is 5.32 Å². The number of amides is 1. The molecule has 0 rings (SSSR count). The zero-order valence-electron chi connectivity index (χ0n) is 11.3. The summed E-state index contributed by atoms with van der Waals surface area (Å²) in [6.07, 6.45) is 6.73. The number of rotatable bonds is 12. The fourth-order valence-corrected chi connectivity index (χ4v) is 1.46. The number of methoxy groups -OCH3 is 1. The molecule has 4 nitrogen and oxygen atoms in total. The van der Waals surface area contributed by atoms with Gasteiger partial charge < -0.3 is 14.8 Å². The van der Waals surface area contributed by atoms with Crippen molar-refractivity contribution in [3.63, 3.8) is 0 Å². The van der Waals surface area contributed by atoms with Gasteiger partial charge in [-0.2, -0.15) is 0 Å². The van der Waals surface area contributed by atoms with E-state index in [0.717, 1.165) is 32.4 Å². The van der Waals surface area contributed by atoms with Gasteiger partial charge in [0.15, 0.2) is 0 Å². The third kappa shape index (κ3) is 13.3. The first-order chi connectivity index (χ1) is 8.31. The Morgan fingerprint density at radius 2 is 1.71 bits per heavy atom. The van der Waals surface area contributed by atoms with Gasteiger partial charge in [-0.05, 0) is 19.3 Å². The van der Waals surface area contributed by atoms with Crippen LogP contribution in [0.3, 0.4) is 0 Å². The lowest BCUT2D eigenvalue weighted by Crippen LogP contribution is -2.28. The van der Waals surface area contributed by atoms with Gasteiger partial charge in [0.2, 0.25) is 5.91 Å². The molecule has 0 heterocycles. The lowest BCUT2D eigenvalue weighted by Gasteiger charge is -2.05. The highest BCUT2D eigenvalue weighted by atomic mass is 16.5. The first-order valence-corrected chi connectivity index (χ1v) is 6.64. The fourth-order valence-electron chi connectivity index (χ4n) is 1.46. The Kier molecular flexibility index (Phi) is 13.0. The van der Waals surface area contributed by atoms with Gasteiger partial charge >= 0.3 is 0 Å². The van der Waals surface area contributed by atoms with Gasteiger partial charge in [0, 0.05) is 26.9 Å². The Morgan fingerprint density at radius 3 is 2.35 bits per heavy atom. The number of ether oxygens (including phenoxy) is 2. The molecular formula is C13H27NO3. The van der Waals surface area contributed by atoms with Crippen LogP contribution in [-0.4, -0.2) is 39.4 Å². The predicted molar refractivity (Wildman–Crippen MR) is 69.1 cm³/mol. The summed E-state index contributed by atoms with van der Waals surface area (Å²) >= 11 is 0. The van der Waals surface area contributed by atoms with Crippen molar-refractivity contribution < 1.29 is 14.3 Å². The minimum Gasteiger partial charge on any atom is -0.385 e. The van der Waals surface area contributed by atoms with Crippen molar-refractivity contribution in [2.75, 3.05) is 33.5 Å². The maximum atomic E-state index is 11.2. The SMILES string of the molecule is CCCNC(=O)COCCCCCCCOC. The van der Waals surface area contributed by atoms with Crippen LogP contribution in [0, 0.1) is 0 Å². The molecule has 0 bridgehead atoms. The van der Waals surface area contributed by atoms with Gasteiger partial charge in [0.25, 0.3) is 0 Å². The van der Waals surface area contributed by atoms with E-state index in [1.165, 1.54) is 19.3 Å². The Bertz CT molecular complexity index is 174. The summed E-state index contributed by atoms with van der Waals surface area (Å²) in [5.41, 5.74) is 0. The second-order valence-corrected chi connectivity index (χ2v) is 4.16. The standard InChI is InChI=1S/C13H27NO3/c1-3-9-14-13(15)12-17-11-8-6-4-5-7-10-16-2/h3-12H2,1-2H3,(H,14,15). The Morgan fingerprint density at radius 1 is 1.06 bits per heavy atom. The van der Waals surface area contributed by atoms with E-state index in [9.17, 15) is 4.79 Å². The Hall–Kier alpha value is -0.610. The number of hydrogen-bond acceptors (Lipinski definition) is 3. The summed E-state index contributed by atoms with van der Waals surface area (Å²) in [7, 11) is 1.73. The van der Waals surface area contributed by atoms with Crippen molar-refractivity contribution in [1.29, 1.82) is 0 Å². The second-order valence-electron chi connectivity index (χ2n) is 4.16. The minimum atomic E-state index is -0.00746. The number of carbonyl (C=O) groups is 1. The molecule has 0 aliphatic heterocycles. The van der Waals surface area contributed by atoms with E-state index in [4.69, 9.17) is 9.47 Å². The van der Waals surface area contributed by atoms with Crippen molar-refractivity contribution in [2.45, 2.75) is 45.4 Å². The summed E-state index contributed by atoms with van der Waals surface area (Å²) in [6, 6.07) is 0. The maximum Gasteiger partial charge on any atom is 0.245 e.